The first kappa shape index (κ1) is 13.7. The number of aromatic nitrogens is 2. The summed E-state index contributed by atoms with van der Waals surface area (Å²) in [5, 5.41) is 5.86. The molecule has 1 atom stereocenters. The van der Waals surface area contributed by atoms with E-state index in [1.165, 1.54) is 0 Å². The lowest BCUT2D eigenvalue weighted by atomic mass is 10.3. The van der Waals surface area contributed by atoms with Crippen molar-refractivity contribution in [3.05, 3.63) is 18.2 Å². The van der Waals surface area contributed by atoms with E-state index in [2.05, 4.69) is 15.6 Å². The Morgan fingerprint density at radius 3 is 3.00 bits per heavy atom. The van der Waals surface area contributed by atoms with Crippen molar-refractivity contribution >= 4 is 5.91 Å². The van der Waals surface area contributed by atoms with E-state index in [9.17, 15) is 4.79 Å². The maximum absolute atomic E-state index is 11.5. The molecule has 0 aliphatic carbocycles. The van der Waals surface area contributed by atoms with Gasteiger partial charge < -0.3 is 19.9 Å². The fourth-order valence-electron chi connectivity index (χ4n) is 1.47. The average molecular weight is 240 g/mol. The molecule has 96 valence electrons. The molecule has 1 amide bonds. The third kappa shape index (κ3) is 4.97. The van der Waals surface area contributed by atoms with E-state index in [-0.39, 0.29) is 18.5 Å². The Bertz CT molecular complexity index is 351. The van der Waals surface area contributed by atoms with Crippen molar-refractivity contribution in [1.29, 1.82) is 0 Å². The zero-order valence-electron chi connectivity index (χ0n) is 10.6. The van der Waals surface area contributed by atoms with Crippen molar-refractivity contribution in [2.24, 2.45) is 7.05 Å². The lowest BCUT2D eigenvalue weighted by Crippen LogP contribution is -2.41. The second kappa shape index (κ2) is 7.03. The van der Waals surface area contributed by atoms with Gasteiger partial charge in [-0.2, -0.15) is 0 Å². The van der Waals surface area contributed by atoms with Crippen molar-refractivity contribution in [3.63, 3.8) is 0 Å². The molecule has 0 saturated heterocycles. The van der Waals surface area contributed by atoms with Crippen LogP contribution < -0.4 is 10.6 Å². The third-order valence-corrected chi connectivity index (χ3v) is 2.31. The molecule has 6 nitrogen and oxygen atoms in total. The van der Waals surface area contributed by atoms with Crippen LogP contribution in [0.15, 0.2) is 12.4 Å². The summed E-state index contributed by atoms with van der Waals surface area (Å²) < 4.78 is 6.85. The largest absolute Gasteiger partial charge is 0.383 e. The Kier molecular flexibility index (Phi) is 5.65. The summed E-state index contributed by atoms with van der Waals surface area (Å²) >= 11 is 0. The number of hydrogen-bond donors (Lipinski definition) is 2. The molecule has 6 heteroatoms. The van der Waals surface area contributed by atoms with Gasteiger partial charge in [-0.15, -0.1) is 0 Å². The first-order chi connectivity index (χ1) is 8.13. The molecule has 0 aliphatic rings. The molecule has 0 spiro atoms. The fourth-order valence-corrected chi connectivity index (χ4v) is 1.47. The highest BCUT2D eigenvalue weighted by molar-refractivity contribution is 5.78. The number of aryl methyl sites for hydroxylation is 1. The van der Waals surface area contributed by atoms with Gasteiger partial charge in [0.05, 0.1) is 19.7 Å². The van der Waals surface area contributed by atoms with Gasteiger partial charge >= 0.3 is 0 Å². The van der Waals surface area contributed by atoms with Crippen LogP contribution >= 0.6 is 0 Å². The molecule has 17 heavy (non-hydrogen) atoms. The number of nitrogens with zero attached hydrogens (tertiary/aromatic N) is 2. The monoisotopic (exact) mass is 240 g/mol. The number of imidazole rings is 1. The second-order valence-electron chi connectivity index (χ2n) is 3.98. The molecule has 2 N–H and O–H groups in total. The molecule has 1 unspecified atom stereocenters. The third-order valence-electron chi connectivity index (χ3n) is 2.31. The highest BCUT2D eigenvalue weighted by atomic mass is 16.5. The average Bonchev–Trinajstić information content (AvgIpc) is 2.64. The predicted molar refractivity (Wildman–Crippen MR) is 64.4 cm³/mol. The molecule has 0 aromatic carbocycles. The van der Waals surface area contributed by atoms with Crippen molar-refractivity contribution < 1.29 is 9.53 Å². The van der Waals surface area contributed by atoms with Crippen LogP contribution in [-0.4, -0.2) is 41.8 Å². The quantitative estimate of drug-likeness (QED) is 0.684. The normalized spacial score (nSPS) is 12.4. The highest BCUT2D eigenvalue weighted by Gasteiger charge is 2.06. The van der Waals surface area contributed by atoms with Crippen molar-refractivity contribution in [3.8, 4) is 0 Å². The van der Waals surface area contributed by atoms with E-state index in [0.717, 1.165) is 5.82 Å². The van der Waals surface area contributed by atoms with Crippen LogP contribution in [0.4, 0.5) is 0 Å². The van der Waals surface area contributed by atoms with Gasteiger partial charge in [0, 0.05) is 32.6 Å². The summed E-state index contributed by atoms with van der Waals surface area (Å²) in [4.78, 5) is 15.6. The summed E-state index contributed by atoms with van der Waals surface area (Å²) in [5.74, 6) is 0.867. The zero-order valence-corrected chi connectivity index (χ0v) is 10.6. The van der Waals surface area contributed by atoms with Gasteiger partial charge in [0.2, 0.25) is 5.91 Å². The molecule has 0 radical (unpaired) electrons. The Morgan fingerprint density at radius 2 is 2.41 bits per heavy atom. The van der Waals surface area contributed by atoms with E-state index in [0.29, 0.717) is 13.2 Å². The SMILES string of the molecule is COCC(C)NC(=O)CNCc1nccn1C. The standard InChI is InChI=1S/C11H20N4O2/c1-9(8-17-3)14-11(16)7-12-6-10-13-4-5-15(10)2/h4-5,9,12H,6-8H2,1-3H3,(H,14,16). The van der Waals surface area contributed by atoms with Crippen LogP contribution in [0.25, 0.3) is 0 Å². The number of nitrogens with one attached hydrogen (secondary N) is 2. The number of rotatable bonds is 7. The van der Waals surface area contributed by atoms with E-state index in [1.54, 1.807) is 13.3 Å². The topological polar surface area (TPSA) is 68.2 Å². The van der Waals surface area contributed by atoms with E-state index in [4.69, 9.17) is 4.74 Å². The van der Waals surface area contributed by atoms with Gasteiger partial charge in [0.15, 0.2) is 0 Å². The molecule has 1 aromatic rings. The van der Waals surface area contributed by atoms with E-state index in [1.807, 2.05) is 24.7 Å². The minimum atomic E-state index is -0.0382. The number of carbonyl (C=O) groups excluding carboxylic acids is 1. The molecular weight excluding hydrogens is 220 g/mol. The van der Waals surface area contributed by atoms with Gasteiger partial charge in [-0.3, -0.25) is 4.79 Å². The highest BCUT2D eigenvalue weighted by Crippen LogP contribution is 1.92. The molecule has 0 saturated carbocycles. The number of carbonyl (C=O) groups is 1. The molecule has 0 fully saturated rings. The molecule has 0 bridgehead atoms. The molecule has 0 aliphatic heterocycles. The summed E-state index contributed by atoms with van der Waals surface area (Å²) in [7, 11) is 3.53. The van der Waals surface area contributed by atoms with Gasteiger partial charge in [-0.25, -0.2) is 4.98 Å². The maximum atomic E-state index is 11.5. The Morgan fingerprint density at radius 1 is 1.65 bits per heavy atom. The smallest absolute Gasteiger partial charge is 0.234 e. The Labute approximate surface area is 101 Å². The zero-order chi connectivity index (χ0) is 12.7. The Hall–Kier alpha value is -1.40. The van der Waals surface area contributed by atoms with Crippen molar-refractivity contribution in [1.82, 2.24) is 20.2 Å². The maximum Gasteiger partial charge on any atom is 0.234 e. The minimum Gasteiger partial charge on any atom is -0.383 e. The van der Waals surface area contributed by atoms with Crippen LogP contribution in [0.1, 0.15) is 12.7 Å². The van der Waals surface area contributed by atoms with Crippen molar-refractivity contribution in [2.45, 2.75) is 19.5 Å². The summed E-state index contributed by atoms with van der Waals surface area (Å²) in [5.41, 5.74) is 0. The van der Waals surface area contributed by atoms with Crippen molar-refractivity contribution in [2.75, 3.05) is 20.3 Å². The molecule has 1 heterocycles. The van der Waals surface area contributed by atoms with E-state index >= 15 is 0 Å². The van der Waals surface area contributed by atoms with Crippen LogP contribution in [0.3, 0.4) is 0 Å². The summed E-state index contributed by atoms with van der Waals surface area (Å²) in [6.45, 7) is 3.28. The second-order valence-corrected chi connectivity index (χ2v) is 3.98. The summed E-state index contributed by atoms with van der Waals surface area (Å²) in [6, 6.07) is 0.0301. The van der Waals surface area contributed by atoms with Crippen LogP contribution in [0, 0.1) is 0 Å². The molecule has 1 rings (SSSR count). The predicted octanol–water partition coefficient (Wildman–Crippen LogP) is -0.339. The summed E-state index contributed by atoms with van der Waals surface area (Å²) in [6.07, 6.45) is 3.61. The van der Waals surface area contributed by atoms with Gasteiger partial charge in [0.1, 0.15) is 5.82 Å². The van der Waals surface area contributed by atoms with Gasteiger partial charge in [0.25, 0.3) is 0 Å². The van der Waals surface area contributed by atoms with Crippen LogP contribution in [-0.2, 0) is 23.1 Å². The fraction of sp³-hybridized carbons (Fsp3) is 0.636. The van der Waals surface area contributed by atoms with Crippen LogP contribution in [0.5, 0.6) is 0 Å². The van der Waals surface area contributed by atoms with Gasteiger partial charge in [-0.1, -0.05) is 0 Å². The number of amides is 1. The minimum absolute atomic E-state index is 0.0301. The Balaban J connectivity index is 2.18. The lowest BCUT2D eigenvalue weighted by Gasteiger charge is -2.12. The number of hydrogen-bond acceptors (Lipinski definition) is 4. The van der Waals surface area contributed by atoms with E-state index < -0.39 is 0 Å². The first-order valence-electron chi connectivity index (χ1n) is 5.58. The molecule has 1 aromatic heterocycles. The lowest BCUT2D eigenvalue weighted by molar-refractivity contribution is -0.121. The molecular formula is C11H20N4O2. The first-order valence-corrected chi connectivity index (χ1v) is 5.58. The van der Waals surface area contributed by atoms with Crippen LogP contribution in [0.2, 0.25) is 0 Å². The van der Waals surface area contributed by atoms with Gasteiger partial charge in [-0.05, 0) is 6.92 Å². The number of ether oxygens (including phenoxy) is 1. The number of methoxy groups -OCH3 is 1.